The Morgan fingerprint density at radius 3 is 2.21 bits per heavy atom. The van der Waals surface area contributed by atoms with Crippen molar-refractivity contribution in [3.05, 3.63) is 78.4 Å². The quantitative estimate of drug-likeness (QED) is 0.541. The van der Waals surface area contributed by atoms with Crippen LogP contribution in [-0.4, -0.2) is 9.97 Å². The average molecular weight is 321 g/mol. The standard InChI is InChI=1S/C19H13F2N3/c20-15-10-17-18(11-16(15)21)24-19(23-17)12-6-8-14(9-7-12)22-13-4-2-1-3-5-13/h1-11,22H,(H,23,24). The number of fused-ring (bicyclic) bond motifs is 1. The number of nitrogens with zero attached hydrogens (tertiary/aromatic N) is 1. The van der Waals surface area contributed by atoms with Gasteiger partial charge in [-0.1, -0.05) is 18.2 Å². The number of rotatable bonds is 3. The molecule has 0 aliphatic rings. The van der Waals surface area contributed by atoms with E-state index in [4.69, 9.17) is 0 Å². The van der Waals surface area contributed by atoms with Gasteiger partial charge in [0.15, 0.2) is 11.6 Å². The molecule has 0 spiro atoms. The number of halogens is 2. The molecule has 0 unspecified atom stereocenters. The molecule has 0 amide bonds. The molecule has 1 heterocycles. The minimum Gasteiger partial charge on any atom is -0.356 e. The van der Waals surface area contributed by atoms with Crippen molar-refractivity contribution in [1.82, 2.24) is 9.97 Å². The predicted octanol–water partition coefficient (Wildman–Crippen LogP) is 5.25. The Bertz CT molecular complexity index is 953. The normalized spacial score (nSPS) is 10.9. The van der Waals surface area contributed by atoms with Gasteiger partial charge in [0, 0.05) is 29.1 Å². The van der Waals surface area contributed by atoms with Crippen molar-refractivity contribution >= 4 is 22.4 Å². The number of aromatic amines is 1. The summed E-state index contributed by atoms with van der Waals surface area (Å²) in [6.07, 6.45) is 0. The maximum absolute atomic E-state index is 13.3. The Morgan fingerprint density at radius 2 is 1.46 bits per heavy atom. The lowest BCUT2D eigenvalue weighted by Crippen LogP contribution is -1.89. The second-order valence-corrected chi connectivity index (χ2v) is 5.44. The van der Waals surface area contributed by atoms with Crippen molar-refractivity contribution in [1.29, 1.82) is 0 Å². The van der Waals surface area contributed by atoms with Crippen molar-refractivity contribution in [2.24, 2.45) is 0 Å². The van der Waals surface area contributed by atoms with Crippen LogP contribution in [0.2, 0.25) is 0 Å². The fourth-order valence-corrected chi connectivity index (χ4v) is 2.54. The molecule has 0 saturated heterocycles. The molecule has 3 aromatic carbocycles. The predicted molar refractivity (Wildman–Crippen MR) is 91.2 cm³/mol. The van der Waals surface area contributed by atoms with Gasteiger partial charge in [0.05, 0.1) is 11.0 Å². The van der Waals surface area contributed by atoms with Crippen molar-refractivity contribution < 1.29 is 8.78 Å². The summed E-state index contributed by atoms with van der Waals surface area (Å²) in [4.78, 5) is 7.33. The van der Waals surface area contributed by atoms with E-state index in [-0.39, 0.29) is 0 Å². The number of nitrogens with one attached hydrogen (secondary N) is 2. The van der Waals surface area contributed by atoms with Gasteiger partial charge in [0.2, 0.25) is 0 Å². The maximum atomic E-state index is 13.3. The zero-order valence-electron chi connectivity index (χ0n) is 12.6. The zero-order chi connectivity index (χ0) is 16.5. The first-order valence-electron chi connectivity index (χ1n) is 7.46. The highest BCUT2D eigenvalue weighted by Crippen LogP contribution is 2.24. The highest BCUT2D eigenvalue weighted by molar-refractivity contribution is 5.79. The summed E-state index contributed by atoms with van der Waals surface area (Å²) < 4.78 is 26.6. The maximum Gasteiger partial charge on any atom is 0.161 e. The fourth-order valence-electron chi connectivity index (χ4n) is 2.54. The first-order chi connectivity index (χ1) is 11.7. The highest BCUT2D eigenvalue weighted by Gasteiger charge is 2.10. The molecule has 0 atom stereocenters. The smallest absolute Gasteiger partial charge is 0.161 e. The van der Waals surface area contributed by atoms with E-state index in [1.54, 1.807) is 0 Å². The second kappa shape index (κ2) is 5.77. The van der Waals surface area contributed by atoms with Gasteiger partial charge in [0.1, 0.15) is 5.82 Å². The molecule has 5 heteroatoms. The third-order valence-corrected chi connectivity index (χ3v) is 3.74. The van der Waals surface area contributed by atoms with E-state index < -0.39 is 11.6 Å². The number of hydrogen-bond acceptors (Lipinski definition) is 2. The lowest BCUT2D eigenvalue weighted by atomic mass is 10.2. The first-order valence-corrected chi connectivity index (χ1v) is 7.46. The minimum absolute atomic E-state index is 0.399. The summed E-state index contributed by atoms with van der Waals surface area (Å²) in [6, 6.07) is 19.7. The van der Waals surface area contributed by atoms with Gasteiger partial charge in [-0.05, 0) is 36.4 Å². The van der Waals surface area contributed by atoms with Crippen LogP contribution in [0.25, 0.3) is 22.4 Å². The van der Waals surface area contributed by atoms with E-state index in [1.807, 2.05) is 54.6 Å². The van der Waals surface area contributed by atoms with Crippen LogP contribution in [0.1, 0.15) is 0 Å². The molecular formula is C19H13F2N3. The van der Waals surface area contributed by atoms with Crippen molar-refractivity contribution in [3.63, 3.8) is 0 Å². The molecular weight excluding hydrogens is 308 g/mol. The van der Waals surface area contributed by atoms with Crippen LogP contribution in [0.15, 0.2) is 66.7 Å². The van der Waals surface area contributed by atoms with E-state index in [0.29, 0.717) is 16.9 Å². The summed E-state index contributed by atoms with van der Waals surface area (Å²) in [5, 5.41) is 3.29. The molecule has 0 saturated carbocycles. The summed E-state index contributed by atoms with van der Waals surface area (Å²) >= 11 is 0. The van der Waals surface area contributed by atoms with Gasteiger partial charge in [-0.15, -0.1) is 0 Å². The number of H-pyrrole nitrogens is 1. The van der Waals surface area contributed by atoms with Crippen molar-refractivity contribution in [2.75, 3.05) is 5.32 Å². The van der Waals surface area contributed by atoms with Gasteiger partial charge >= 0.3 is 0 Å². The molecule has 1 aromatic heterocycles. The van der Waals surface area contributed by atoms with Crippen LogP contribution >= 0.6 is 0 Å². The number of hydrogen-bond donors (Lipinski definition) is 2. The number of anilines is 2. The van der Waals surface area contributed by atoms with Gasteiger partial charge in [-0.2, -0.15) is 0 Å². The van der Waals surface area contributed by atoms with E-state index >= 15 is 0 Å². The van der Waals surface area contributed by atoms with Crippen LogP contribution in [0.4, 0.5) is 20.2 Å². The van der Waals surface area contributed by atoms with E-state index in [9.17, 15) is 8.78 Å². The third-order valence-electron chi connectivity index (χ3n) is 3.74. The van der Waals surface area contributed by atoms with Gasteiger partial charge < -0.3 is 10.3 Å². The molecule has 0 fully saturated rings. The lowest BCUT2D eigenvalue weighted by Gasteiger charge is -2.06. The van der Waals surface area contributed by atoms with Gasteiger partial charge in [-0.3, -0.25) is 0 Å². The SMILES string of the molecule is Fc1cc2nc(-c3ccc(Nc4ccccc4)cc3)[nH]c2cc1F. The Hall–Kier alpha value is -3.21. The molecule has 0 radical (unpaired) electrons. The van der Waals surface area contributed by atoms with Crippen LogP contribution < -0.4 is 5.32 Å². The van der Waals surface area contributed by atoms with Crippen LogP contribution in [-0.2, 0) is 0 Å². The number of benzene rings is 3. The summed E-state index contributed by atoms with van der Waals surface area (Å²) in [6.45, 7) is 0. The van der Waals surface area contributed by atoms with Gasteiger partial charge in [-0.25, -0.2) is 13.8 Å². The van der Waals surface area contributed by atoms with Crippen LogP contribution in [0.3, 0.4) is 0 Å². The second-order valence-electron chi connectivity index (χ2n) is 5.44. The Balaban J connectivity index is 1.63. The molecule has 4 rings (SSSR count). The summed E-state index contributed by atoms with van der Waals surface area (Å²) in [5.74, 6) is -1.22. The van der Waals surface area contributed by atoms with E-state index in [1.165, 1.54) is 0 Å². The Labute approximate surface area is 137 Å². The van der Waals surface area contributed by atoms with Gasteiger partial charge in [0.25, 0.3) is 0 Å². The van der Waals surface area contributed by atoms with Crippen molar-refractivity contribution in [2.45, 2.75) is 0 Å². The molecule has 118 valence electrons. The van der Waals surface area contributed by atoms with E-state index in [0.717, 1.165) is 29.1 Å². The molecule has 3 nitrogen and oxygen atoms in total. The molecule has 0 aliphatic carbocycles. The lowest BCUT2D eigenvalue weighted by molar-refractivity contribution is 0.510. The summed E-state index contributed by atoms with van der Waals surface area (Å²) in [5.41, 5.74) is 3.65. The van der Waals surface area contributed by atoms with Crippen molar-refractivity contribution in [3.8, 4) is 11.4 Å². The van der Waals surface area contributed by atoms with Crippen LogP contribution in [0, 0.1) is 11.6 Å². The molecule has 0 bridgehead atoms. The Morgan fingerprint density at radius 1 is 0.792 bits per heavy atom. The first kappa shape index (κ1) is 14.4. The number of para-hydroxylation sites is 1. The number of imidazole rings is 1. The number of aromatic nitrogens is 2. The monoisotopic (exact) mass is 321 g/mol. The Kier molecular flexibility index (Phi) is 3.46. The zero-order valence-corrected chi connectivity index (χ0v) is 12.6. The molecule has 2 N–H and O–H groups in total. The highest BCUT2D eigenvalue weighted by atomic mass is 19.2. The van der Waals surface area contributed by atoms with E-state index in [2.05, 4.69) is 15.3 Å². The average Bonchev–Trinajstić information content (AvgIpc) is 2.99. The van der Waals surface area contributed by atoms with Crippen LogP contribution in [0.5, 0.6) is 0 Å². The molecule has 4 aromatic rings. The topological polar surface area (TPSA) is 40.7 Å². The third kappa shape index (κ3) is 2.72. The molecule has 0 aliphatic heterocycles. The summed E-state index contributed by atoms with van der Waals surface area (Å²) in [7, 11) is 0. The largest absolute Gasteiger partial charge is 0.356 e. The minimum atomic E-state index is -0.900. The fraction of sp³-hybridized carbons (Fsp3) is 0. The molecule has 24 heavy (non-hydrogen) atoms.